The number of fused-ring (bicyclic) bond motifs is 4. The fraction of sp³-hybridized carbons (Fsp3) is 0.346. The van der Waals surface area contributed by atoms with E-state index in [-0.39, 0.29) is 5.97 Å². The fourth-order valence-electron chi connectivity index (χ4n) is 4.83. The van der Waals surface area contributed by atoms with Gasteiger partial charge in [0.1, 0.15) is 13.2 Å². The fourth-order valence-corrected chi connectivity index (χ4v) is 4.83. The van der Waals surface area contributed by atoms with Crippen molar-refractivity contribution < 1.29 is 28.5 Å². The molecule has 172 valence electrons. The maximum atomic E-state index is 13.4. The Hall–Kier alpha value is -3.61. The monoisotopic (exact) mass is 449 g/mol. The van der Waals surface area contributed by atoms with Crippen LogP contribution in [0.1, 0.15) is 28.5 Å². The molecule has 3 heterocycles. The van der Waals surface area contributed by atoms with Gasteiger partial charge < -0.3 is 28.3 Å². The first-order valence-corrected chi connectivity index (χ1v) is 11.1. The number of ether oxygens (including phenoxy) is 5. The van der Waals surface area contributed by atoms with Gasteiger partial charge >= 0.3 is 5.97 Å². The van der Waals surface area contributed by atoms with Gasteiger partial charge in [-0.1, -0.05) is 6.07 Å². The molecule has 2 aliphatic rings. The normalized spacial score (nSPS) is 13.7. The summed E-state index contributed by atoms with van der Waals surface area (Å²) in [5.74, 6) is 2.36. The Labute approximate surface area is 192 Å². The second-order valence-electron chi connectivity index (χ2n) is 8.03. The van der Waals surface area contributed by atoms with Crippen molar-refractivity contribution >= 4 is 5.97 Å². The highest BCUT2D eigenvalue weighted by molar-refractivity contribution is 6.05. The first kappa shape index (κ1) is 21.2. The van der Waals surface area contributed by atoms with Gasteiger partial charge in [0, 0.05) is 23.4 Å². The number of benzene rings is 2. The highest BCUT2D eigenvalue weighted by Gasteiger charge is 2.32. The molecular weight excluding hydrogens is 422 g/mol. The van der Waals surface area contributed by atoms with E-state index in [2.05, 4.69) is 4.57 Å². The Morgan fingerprint density at radius 3 is 2.48 bits per heavy atom. The topological polar surface area (TPSA) is 68.2 Å². The maximum Gasteiger partial charge on any atom is 0.340 e. The first-order chi connectivity index (χ1) is 16.1. The van der Waals surface area contributed by atoms with Crippen molar-refractivity contribution in [2.24, 2.45) is 0 Å². The van der Waals surface area contributed by atoms with Crippen LogP contribution < -0.4 is 18.9 Å². The number of nitrogens with zero attached hydrogens (tertiary/aromatic N) is 1. The average Bonchev–Trinajstić information content (AvgIpc) is 3.15. The van der Waals surface area contributed by atoms with Crippen molar-refractivity contribution in [3.63, 3.8) is 0 Å². The van der Waals surface area contributed by atoms with Gasteiger partial charge in [0.25, 0.3) is 0 Å². The molecule has 0 radical (unpaired) electrons. The van der Waals surface area contributed by atoms with Gasteiger partial charge in [-0.15, -0.1) is 0 Å². The lowest BCUT2D eigenvalue weighted by atomic mass is 9.93. The summed E-state index contributed by atoms with van der Waals surface area (Å²) < 4.78 is 30.3. The molecule has 0 aliphatic carbocycles. The number of carbonyl (C=O) groups is 1. The van der Waals surface area contributed by atoms with Crippen LogP contribution in [0.2, 0.25) is 0 Å². The van der Waals surface area contributed by atoms with Crippen molar-refractivity contribution in [3.05, 3.63) is 47.2 Å². The van der Waals surface area contributed by atoms with Crippen LogP contribution >= 0.6 is 0 Å². The smallest absolute Gasteiger partial charge is 0.340 e. The molecule has 7 heteroatoms. The van der Waals surface area contributed by atoms with Crippen LogP contribution in [-0.4, -0.2) is 44.6 Å². The zero-order chi connectivity index (χ0) is 23.1. The molecule has 7 nitrogen and oxygen atoms in total. The second-order valence-corrected chi connectivity index (χ2v) is 8.03. The van der Waals surface area contributed by atoms with E-state index < -0.39 is 0 Å². The summed E-state index contributed by atoms with van der Waals surface area (Å²) in [5, 5.41) is 0. The van der Waals surface area contributed by atoms with Gasteiger partial charge in [0.05, 0.1) is 32.1 Å². The Morgan fingerprint density at radius 2 is 1.76 bits per heavy atom. The number of hydrogen-bond donors (Lipinski definition) is 0. The lowest BCUT2D eigenvalue weighted by Crippen LogP contribution is -2.15. The van der Waals surface area contributed by atoms with Crippen molar-refractivity contribution in [1.82, 2.24) is 4.57 Å². The van der Waals surface area contributed by atoms with Crippen molar-refractivity contribution in [3.8, 4) is 45.4 Å². The standard InChI is InChI=1S/C26H27NO6/c1-5-31-26(28)24-23(17-6-7-19-22(13-17)33-11-10-32-19)15(2)27-9-8-16-12-20(29-3)21(30-4)14-18(16)25(24)27/h6-7,12-14H,5,8-11H2,1-4H3. The molecule has 5 rings (SSSR count). The Bertz CT molecular complexity index is 1240. The summed E-state index contributed by atoms with van der Waals surface area (Å²) in [5.41, 5.74) is 6.21. The zero-order valence-corrected chi connectivity index (χ0v) is 19.3. The van der Waals surface area contributed by atoms with Crippen LogP contribution in [0.4, 0.5) is 0 Å². The van der Waals surface area contributed by atoms with Gasteiger partial charge in [-0.05, 0) is 55.7 Å². The number of aromatic nitrogens is 1. The van der Waals surface area contributed by atoms with Gasteiger partial charge in [-0.25, -0.2) is 4.79 Å². The summed E-state index contributed by atoms with van der Waals surface area (Å²) >= 11 is 0. The van der Waals surface area contributed by atoms with E-state index in [9.17, 15) is 4.79 Å². The largest absolute Gasteiger partial charge is 0.493 e. The molecule has 0 saturated heterocycles. The van der Waals surface area contributed by atoms with Crippen LogP contribution in [0.25, 0.3) is 22.4 Å². The third kappa shape index (κ3) is 3.39. The lowest BCUT2D eigenvalue weighted by Gasteiger charge is -2.23. The molecule has 0 unspecified atom stereocenters. The molecule has 2 aromatic carbocycles. The van der Waals surface area contributed by atoms with E-state index >= 15 is 0 Å². The minimum atomic E-state index is -0.345. The van der Waals surface area contributed by atoms with E-state index in [0.717, 1.165) is 46.6 Å². The summed E-state index contributed by atoms with van der Waals surface area (Å²) in [6, 6.07) is 9.77. The molecule has 0 fully saturated rings. The van der Waals surface area contributed by atoms with Gasteiger partial charge in [0.2, 0.25) is 0 Å². The minimum Gasteiger partial charge on any atom is -0.493 e. The Morgan fingerprint density at radius 1 is 1.03 bits per heavy atom. The molecule has 0 atom stereocenters. The molecule has 0 spiro atoms. The number of carbonyl (C=O) groups excluding carboxylic acids is 1. The number of esters is 1. The molecule has 0 amide bonds. The highest BCUT2D eigenvalue weighted by atomic mass is 16.6. The predicted octanol–water partition coefficient (Wildman–Crippen LogP) is 4.65. The van der Waals surface area contributed by atoms with E-state index in [1.54, 1.807) is 14.2 Å². The molecule has 0 N–H and O–H groups in total. The van der Waals surface area contributed by atoms with E-state index in [1.807, 2.05) is 44.2 Å². The number of hydrogen-bond acceptors (Lipinski definition) is 6. The molecular formula is C26H27NO6. The van der Waals surface area contributed by atoms with Crippen LogP contribution in [-0.2, 0) is 17.7 Å². The quantitative estimate of drug-likeness (QED) is 0.528. The van der Waals surface area contributed by atoms with Crippen molar-refractivity contribution in [1.29, 1.82) is 0 Å². The van der Waals surface area contributed by atoms with Crippen LogP contribution in [0.5, 0.6) is 23.0 Å². The summed E-state index contributed by atoms with van der Waals surface area (Å²) in [7, 11) is 3.24. The van der Waals surface area contributed by atoms with E-state index in [1.165, 1.54) is 0 Å². The number of rotatable bonds is 5. The maximum absolute atomic E-state index is 13.4. The van der Waals surface area contributed by atoms with E-state index in [0.29, 0.717) is 48.4 Å². The average molecular weight is 450 g/mol. The predicted molar refractivity (Wildman–Crippen MR) is 124 cm³/mol. The van der Waals surface area contributed by atoms with Crippen molar-refractivity contribution in [2.45, 2.75) is 26.8 Å². The van der Waals surface area contributed by atoms with Gasteiger partial charge in [0.15, 0.2) is 23.0 Å². The summed E-state index contributed by atoms with van der Waals surface area (Å²) in [4.78, 5) is 13.4. The third-order valence-electron chi connectivity index (χ3n) is 6.30. The number of methoxy groups -OCH3 is 2. The van der Waals surface area contributed by atoms with E-state index in [4.69, 9.17) is 23.7 Å². The third-order valence-corrected chi connectivity index (χ3v) is 6.30. The molecule has 1 aromatic heterocycles. The van der Waals surface area contributed by atoms with Gasteiger partial charge in [-0.3, -0.25) is 0 Å². The summed E-state index contributed by atoms with van der Waals surface area (Å²) in [6.07, 6.45) is 0.820. The molecule has 0 saturated carbocycles. The minimum absolute atomic E-state index is 0.294. The first-order valence-electron chi connectivity index (χ1n) is 11.1. The molecule has 2 aliphatic heterocycles. The Kier molecular flexibility index (Phi) is 5.40. The Balaban J connectivity index is 1.77. The van der Waals surface area contributed by atoms with Crippen LogP contribution in [0.3, 0.4) is 0 Å². The summed E-state index contributed by atoms with van der Waals surface area (Å²) in [6.45, 7) is 5.94. The number of aryl methyl sites for hydroxylation is 1. The molecule has 3 aromatic rings. The van der Waals surface area contributed by atoms with Crippen molar-refractivity contribution in [2.75, 3.05) is 34.0 Å². The van der Waals surface area contributed by atoms with Gasteiger partial charge in [-0.2, -0.15) is 0 Å². The molecule has 33 heavy (non-hydrogen) atoms. The van der Waals surface area contributed by atoms with Crippen LogP contribution in [0, 0.1) is 6.92 Å². The molecule has 0 bridgehead atoms. The lowest BCUT2D eigenvalue weighted by molar-refractivity contribution is 0.0528. The zero-order valence-electron chi connectivity index (χ0n) is 19.3. The highest BCUT2D eigenvalue weighted by Crippen LogP contribution is 2.46. The second kappa shape index (κ2) is 8.39. The van der Waals surface area contributed by atoms with Crippen LogP contribution in [0.15, 0.2) is 30.3 Å². The SMILES string of the molecule is CCOC(=O)c1c(-c2ccc3c(c2)OCCO3)c(C)n2c1-c1cc(OC)c(OC)cc1CC2.